The SMILES string of the molecule is CCCCCCCCCCCCCN(CCC(N)=O)C(=O)[C@H](CCCC(=O)OCc1ccccc1)NC(=O)c1ccc2ccccc2n1. The maximum absolute atomic E-state index is 14.0. The summed E-state index contributed by atoms with van der Waals surface area (Å²) in [6.45, 7) is 3.04. The van der Waals surface area contributed by atoms with Crippen molar-refractivity contribution in [2.45, 2.75) is 116 Å². The molecule has 0 saturated carbocycles. The van der Waals surface area contributed by atoms with E-state index in [1.807, 2.05) is 60.7 Å². The molecule has 3 N–H and O–H groups in total. The van der Waals surface area contributed by atoms with E-state index in [0.717, 1.165) is 30.2 Å². The molecule has 2 aromatic carbocycles. The monoisotopic (exact) mass is 658 g/mol. The Hall–Kier alpha value is -4.27. The van der Waals surface area contributed by atoms with Crippen LogP contribution in [0.4, 0.5) is 0 Å². The van der Waals surface area contributed by atoms with E-state index in [2.05, 4.69) is 17.2 Å². The fourth-order valence-corrected chi connectivity index (χ4v) is 5.71. The maximum atomic E-state index is 14.0. The maximum Gasteiger partial charge on any atom is 0.306 e. The summed E-state index contributed by atoms with van der Waals surface area (Å²) >= 11 is 0. The topological polar surface area (TPSA) is 132 Å². The molecule has 9 nitrogen and oxygen atoms in total. The number of ether oxygens (including phenoxy) is 1. The van der Waals surface area contributed by atoms with Crippen molar-refractivity contribution in [3.63, 3.8) is 0 Å². The standard InChI is InChI=1S/C39H54N4O5/c1-2-3-4-5-6-7-8-9-10-11-17-28-43(29-27-36(40)44)39(47)35(23-18-24-37(45)48-30-31-19-13-12-14-20-31)42-38(46)34-26-25-32-21-15-16-22-33(32)41-34/h12-16,19-22,25-26,35H,2-11,17-18,23-24,27-30H2,1H3,(H2,40,44)(H,42,46)/t35-/m0/s1. The Labute approximate surface area is 286 Å². The second kappa shape index (κ2) is 22.3. The first-order valence-electron chi connectivity index (χ1n) is 17.8. The van der Waals surface area contributed by atoms with Gasteiger partial charge in [0.05, 0.1) is 5.52 Å². The zero-order valence-electron chi connectivity index (χ0n) is 28.7. The fourth-order valence-electron chi connectivity index (χ4n) is 5.71. The Bertz CT molecular complexity index is 1410. The normalized spacial score (nSPS) is 11.6. The molecule has 0 saturated heterocycles. The third kappa shape index (κ3) is 14.7. The summed E-state index contributed by atoms with van der Waals surface area (Å²) < 4.78 is 5.41. The van der Waals surface area contributed by atoms with Gasteiger partial charge in [0, 0.05) is 31.3 Å². The van der Waals surface area contributed by atoms with Gasteiger partial charge < -0.3 is 20.7 Å². The number of aromatic nitrogens is 1. The number of fused-ring (bicyclic) bond motifs is 1. The highest BCUT2D eigenvalue weighted by Gasteiger charge is 2.27. The lowest BCUT2D eigenvalue weighted by atomic mass is 10.0. The second-order valence-corrected chi connectivity index (χ2v) is 12.5. The molecule has 3 aromatic rings. The second-order valence-electron chi connectivity index (χ2n) is 12.5. The molecule has 0 aliphatic carbocycles. The third-order valence-electron chi connectivity index (χ3n) is 8.52. The molecule has 0 fully saturated rings. The van der Waals surface area contributed by atoms with Gasteiger partial charge in [-0.25, -0.2) is 4.98 Å². The minimum atomic E-state index is -0.909. The zero-order chi connectivity index (χ0) is 34.4. The number of nitrogens with one attached hydrogen (secondary N) is 1. The van der Waals surface area contributed by atoms with Crippen molar-refractivity contribution < 1.29 is 23.9 Å². The number of esters is 1. The van der Waals surface area contributed by atoms with Crippen LogP contribution in [0.1, 0.15) is 119 Å². The average molecular weight is 659 g/mol. The number of benzene rings is 2. The van der Waals surface area contributed by atoms with Gasteiger partial charge in [0.2, 0.25) is 11.8 Å². The number of amides is 3. The van der Waals surface area contributed by atoms with Gasteiger partial charge in [-0.1, -0.05) is 126 Å². The Morgan fingerprint density at radius 3 is 2.08 bits per heavy atom. The summed E-state index contributed by atoms with van der Waals surface area (Å²) in [4.78, 5) is 57.7. The van der Waals surface area contributed by atoms with E-state index in [4.69, 9.17) is 10.5 Å². The van der Waals surface area contributed by atoms with E-state index in [1.165, 1.54) is 51.4 Å². The number of nitrogens with zero attached hydrogens (tertiary/aromatic N) is 2. The summed E-state index contributed by atoms with van der Waals surface area (Å²) in [5, 5.41) is 3.78. The highest BCUT2D eigenvalue weighted by Crippen LogP contribution is 2.15. The molecular weight excluding hydrogens is 604 g/mol. The molecule has 0 spiro atoms. The molecule has 1 heterocycles. The van der Waals surface area contributed by atoms with Crippen molar-refractivity contribution >= 4 is 34.6 Å². The molecule has 3 rings (SSSR count). The first-order valence-corrected chi connectivity index (χ1v) is 17.8. The zero-order valence-corrected chi connectivity index (χ0v) is 28.7. The van der Waals surface area contributed by atoms with Gasteiger partial charge in [-0.2, -0.15) is 0 Å². The number of carbonyl (C=O) groups excluding carboxylic acids is 4. The van der Waals surface area contributed by atoms with Crippen LogP contribution < -0.4 is 11.1 Å². The molecule has 0 bridgehead atoms. The highest BCUT2D eigenvalue weighted by atomic mass is 16.5. The largest absolute Gasteiger partial charge is 0.461 e. The van der Waals surface area contributed by atoms with Crippen LogP contribution >= 0.6 is 0 Å². The van der Waals surface area contributed by atoms with Crippen molar-refractivity contribution in [3.05, 3.63) is 78.0 Å². The van der Waals surface area contributed by atoms with Crippen LogP contribution in [0, 0.1) is 0 Å². The third-order valence-corrected chi connectivity index (χ3v) is 8.52. The molecule has 0 radical (unpaired) electrons. The van der Waals surface area contributed by atoms with Crippen LogP contribution in [0.3, 0.4) is 0 Å². The Balaban J connectivity index is 1.60. The predicted octanol–water partition coefficient (Wildman–Crippen LogP) is 7.26. The van der Waals surface area contributed by atoms with E-state index < -0.39 is 17.9 Å². The van der Waals surface area contributed by atoms with Gasteiger partial charge in [0.15, 0.2) is 0 Å². The van der Waals surface area contributed by atoms with Gasteiger partial charge in [-0.05, 0) is 37.0 Å². The molecule has 0 unspecified atom stereocenters. The fraction of sp³-hybridized carbons (Fsp3) is 0.513. The van der Waals surface area contributed by atoms with Gasteiger partial charge in [-0.15, -0.1) is 0 Å². The minimum absolute atomic E-state index is 0.0302. The molecule has 3 amide bonds. The molecule has 1 atom stereocenters. The molecule has 48 heavy (non-hydrogen) atoms. The van der Waals surface area contributed by atoms with Gasteiger partial charge in [0.1, 0.15) is 18.3 Å². The summed E-state index contributed by atoms with van der Waals surface area (Å²) in [7, 11) is 0. The van der Waals surface area contributed by atoms with E-state index in [9.17, 15) is 19.2 Å². The van der Waals surface area contributed by atoms with Crippen LogP contribution in [0.25, 0.3) is 10.9 Å². The number of hydrogen-bond acceptors (Lipinski definition) is 6. The van der Waals surface area contributed by atoms with Crippen molar-refractivity contribution in [2.75, 3.05) is 13.1 Å². The number of hydrogen-bond donors (Lipinski definition) is 2. The Kier molecular flexibility index (Phi) is 17.8. The number of unbranched alkanes of at least 4 members (excludes halogenated alkanes) is 10. The van der Waals surface area contributed by atoms with Crippen LogP contribution in [0.15, 0.2) is 66.7 Å². The van der Waals surface area contributed by atoms with Crippen LogP contribution in [0.2, 0.25) is 0 Å². The van der Waals surface area contributed by atoms with Crippen molar-refractivity contribution in [1.82, 2.24) is 15.2 Å². The summed E-state index contributed by atoms with van der Waals surface area (Å²) in [5.74, 6) is -1.64. The van der Waals surface area contributed by atoms with E-state index in [1.54, 1.807) is 11.0 Å². The van der Waals surface area contributed by atoms with Crippen molar-refractivity contribution in [1.29, 1.82) is 0 Å². The molecule has 1 aromatic heterocycles. The highest BCUT2D eigenvalue weighted by molar-refractivity contribution is 5.98. The molecule has 260 valence electrons. The Morgan fingerprint density at radius 2 is 1.40 bits per heavy atom. The van der Waals surface area contributed by atoms with Crippen LogP contribution in [-0.4, -0.2) is 52.7 Å². The number of carbonyl (C=O) groups is 4. The summed E-state index contributed by atoms with van der Waals surface area (Å²) in [6, 6.07) is 19.5. The van der Waals surface area contributed by atoms with Gasteiger partial charge in [0.25, 0.3) is 5.91 Å². The smallest absolute Gasteiger partial charge is 0.306 e. The van der Waals surface area contributed by atoms with E-state index >= 15 is 0 Å². The lowest BCUT2D eigenvalue weighted by Gasteiger charge is -2.28. The van der Waals surface area contributed by atoms with Crippen LogP contribution in [-0.2, 0) is 25.7 Å². The number of nitrogens with two attached hydrogens (primary N) is 1. The predicted molar refractivity (Wildman–Crippen MR) is 190 cm³/mol. The molecular formula is C39H54N4O5. The first kappa shape index (κ1) is 38.2. The number of primary amides is 1. The number of pyridine rings is 1. The van der Waals surface area contributed by atoms with Crippen molar-refractivity contribution in [2.24, 2.45) is 5.73 Å². The average Bonchev–Trinajstić information content (AvgIpc) is 3.10. The molecule has 9 heteroatoms. The van der Waals surface area contributed by atoms with Gasteiger partial charge >= 0.3 is 5.97 Å². The summed E-state index contributed by atoms with van der Waals surface area (Å²) in [5.41, 5.74) is 7.22. The number of rotatable bonds is 24. The number of para-hydroxylation sites is 1. The minimum Gasteiger partial charge on any atom is -0.461 e. The van der Waals surface area contributed by atoms with E-state index in [0.29, 0.717) is 18.5 Å². The van der Waals surface area contributed by atoms with Crippen molar-refractivity contribution in [3.8, 4) is 0 Å². The molecule has 0 aliphatic heterocycles. The molecule has 0 aliphatic rings. The lowest BCUT2D eigenvalue weighted by molar-refractivity contribution is -0.145. The van der Waals surface area contributed by atoms with Crippen LogP contribution in [0.5, 0.6) is 0 Å². The van der Waals surface area contributed by atoms with E-state index in [-0.39, 0.29) is 50.0 Å². The lowest BCUT2D eigenvalue weighted by Crippen LogP contribution is -2.49. The summed E-state index contributed by atoms with van der Waals surface area (Å²) in [6.07, 6.45) is 13.7. The first-order chi connectivity index (χ1) is 23.4. The Morgan fingerprint density at radius 1 is 0.750 bits per heavy atom. The van der Waals surface area contributed by atoms with Gasteiger partial charge in [-0.3, -0.25) is 19.2 Å². The quantitative estimate of drug-likeness (QED) is 0.0769.